The van der Waals surface area contributed by atoms with E-state index in [2.05, 4.69) is 4.90 Å². The summed E-state index contributed by atoms with van der Waals surface area (Å²) in [5.74, 6) is 0.690. The summed E-state index contributed by atoms with van der Waals surface area (Å²) in [5.41, 5.74) is -0.386. The molecule has 3 rings (SSSR count). The summed E-state index contributed by atoms with van der Waals surface area (Å²) in [6.45, 7) is 4.12. The van der Waals surface area contributed by atoms with E-state index in [0.29, 0.717) is 12.0 Å². The normalized spacial score (nSPS) is 40.4. The number of hydrogen-bond donors (Lipinski definition) is 1. The number of hydrogen-bond acceptors (Lipinski definition) is 3. The lowest BCUT2D eigenvalue weighted by molar-refractivity contribution is -0.0429. The van der Waals surface area contributed by atoms with Crippen LogP contribution in [0.2, 0.25) is 0 Å². The van der Waals surface area contributed by atoms with E-state index < -0.39 is 0 Å². The van der Waals surface area contributed by atoms with E-state index >= 15 is 0 Å². The van der Waals surface area contributed by atoms with Gasteiger partial charge in [-0.25, -0.2) is 0 Å². The van der Waals surface area contributed by atoms with Crippen LogP contribution in [0.25, 0.3) is 0 Å². The van der Waals surface area contributed by atoms with E-state index in [1.54, 1.807) is 0 Å². The van der Waals surface area contributed by atoms with Crippen LogP contribution in [-0.4, -0.2) is 48.0 Å². The van der Waals surface area contributed by atoms with Crippen LogP contribution in [0.15, 0.2) is 0 Å². The van der Waals surface area contributed by atoms with Gasteiger partial charge < -0.3 is 9.84 Å². The topological polar surface area (TPSA) is 32.7 Å². The van der Waals surface area contributed by atoms with E-state index in [-0.39, 0.29) is 5.60 Å². The van der Waals surface area contributed by atoms with Crippen LogP contribution in [0.1, 0.15) is 44.9 Å². The summed E-state index contributed by atoms with van der Waals surface area (Å²) in [6, 6.07) is 0.457. The fourth-order valence-electron chi connectivity index (χ4n) is 4.06. The van der Waals surface area contributed by atoms with Crippen molar-refractivity contribution in [1.82, 2.24) is 4.90 Å². The molecule has 3 nitrogen and oxygen atoms in total. The summed E-state index contributed by atoms with van der Waals surface area (Å²) in [5, 5.41) is 11.0. The van der Waals surface area contributed by atoms with Crippen molar-refractivity contribution in [2.45, 2.75) is 56.6 Å². The molecule has 0 saturated carbocycles. The highest BCUT2D eigenvalue weighted by Crippen LogP contribution is 2.40. The minimum absolute atomic E-state index is 0.386. The Morgan fingerprint density at radius 2 is 1.94 bits per heavy atom. The van der Waals surface area contributed by atoms with Gasteiger partial charge in [-0.15, -0.1) is 0 Å². The number of aliphatic hydroxyl groups is 1. The van der Waals surface area contributed by atoms with Crippen LogP contribution in [0.5, 0.6) is 0 Å². The van der Waals surface area contributed by atoms with Gasteiger partial charge in [0, 0.05) is 25.8 Å². The van der Waals surface area contributed by atoms with Gasteiger partial charge in [0.15, 0.2) is 0 Å². The third kappa shape index (κ3) is 2.38. The van der Waals surface area contributed by atoms with Gasteiger partial charge in [0.2, 0.25) is 0 Å². The van der Waals surface area contributed by atoms with Gasteiger partial charge in [0.25, 0.3) is 0 Å². The molecule has 3 aliphatic heterocycles. The van der Waals surface area contributed by atoms with E-state index in [1.165, 1.54) is 25.8 Å². The molecule has 98 valence electrons. The van der Waals surface area contributed by atoms with Gasteiger partial charge in [-0.05, 0) is 51.0 Å². The Morgan fingerprint density at radius 3 is 2.76 bits per heavy atom. The molecule has 3 saturated heterocycles. The lowest BCUT2D eigenvalue weighted by atomic mass is 9.79. The first-order valence-corrected chi connectivity index (χ1v) is 7.32. The number of rotatable bonds is 2. The molecule has 0 aromatic heterocycles. The molecule has 0 aromatic carbocycles. The lowest BCUT2D eigenvalue weighted by Gasteiger charge is -2.39. The Morgan fingerprint density at radius 1 is 1.12 bits per heavy atom. The Bertz CT molecular complexity index is 265. The van der Waals surface area contributed by atoms with Crippen LogP contribution in [0, 0.1) is 5.92 Å². The van der Waals surface area contributed by atoms with Gasteiger partial charge in [0.1, 0.15) is 0 Å². The zero-order valence-corrected chi connectivity index (χ0v) is 10.7. The van der Waals surface area contributed by atoms with Gasteiger partial charge in [0.05, 0.1) is 5.60 Å². The quantitative estimate of drug-likeness (QED) is 0.797. The summed E-state index contributed by atoms with van der Waals surface area (Å²) in [4.78, 5) is 2.53. The van der Waals surface area contributed by atoms with E-state index in [4.69, 9.17) is 4.74 Å². The number of fused-ring (bicyclic) bond motifs is 1. The fourth-order valence-corrected chi connectivity index (χ4v) is 4.06. The maximum atomic E-state index is 11.0. The second-order valence-electron chi connectivity index (χ2n) is 6.16. The Kier molecular flexibility index (Phi) is 3.42. The number of ether oxygens (including phenoxy) is 1. The molecule has 0 aliphatic carbocycles. The molecule has 17 heavy (non-hydrogen) atoms. The van der Waals surface area contributed by atoms with Crippen molar-refractivity contribution in [1.29, 1.82) is 0 Å². The smallest absolute Gasteiger partial charge is 0.0817 e. The molecule has 0 radical (unpaired) electrons. The molecule has 2 unspecified atom stereocenters. The van der Waals surface area contributed by atoms with Crippen LogP contribution >= 0.6 is 0 Å². The highest BCUT2D eigenvalue weighted by molar-refractivity contribution is 5.02. The van der Waals surface area contributed by atoms with Crippen molar-refractivity contribution in [2.24, 2.45) is 5.92 Å². The maximum Gasteiger partial charge on any atom is 0.0817 e. The molecule has 2 atom stereocenters. The monoisotopic (exact) mass is 239 g/mol. The van der Waals surface area contributed by atoms with Crippen LogP contribution in [-0.2, 0) is 4.74 Å². The van der Waals surface area contributed by atoms with Crippen LogP contribution < -0.4 is 0 Å². The average molecular weight is 239 g/mol. The first-order chi connectivity index (χ1) is 8.28. The zero-order valence-electron chi connectivity index (χ0n) is 10.7. The van der Waals surface area contributed by atoms with Crippen LogP contribution in [0.4, 0.5) is 0 Å². The largest absolute Gasteiger partial charge is 0.388 e. The second kappa shape index (κ2) is 4.87. The standard InChI is InChI=1S/C14H25NO2/c16-14(11-12-4-9-17-10-5-12)6-8-15-7-2-1-3-13(14)15/h12-13,16H,1-11H2. The minimum atomic E-state index is -0.386. The number of nitrogens with zero attached hydrogens (tertiary/aromatic N) is 1. The minimum Gasteiger partial charge on any atom is -0.388 e. The Labute approximate surface area is 104 Å². The molecule has 3 fully saturated rings. The first-order valence-electron chi connectivity index (χ1n) is 7.32. The highest BCUT2D eigenvalue weighted by Gasteiger charge is 2.47. The molecule has 0 amide bonds. The molecule has 0 spiro atoms. The predicted molar refractivity (Wildman–Crippen MR) is 66.9 cm³/mol. The molecule has 0 bridgehead atoms. The second-order valence-corrected chi connectivity index (χ2v) is 6.16. The van der Waals surface area contributed by atoms with Gasteiger partial charge in [-0.3, -0.25) is 4.90 Å². The molecule has 3 heteroatoms. The number of piperidine rings is 1. The molecule has 3 heterocycles. The summed E-state index contributed by atoms with van der Waals surface area (Å²) < 4.78 is 5.41. The van der Waals surface area contributed by atoms with Gasteiger partial charge in [-0.2, -0.15) is 0 Å². The fraction of sp³-hybridized carbons (Fsp3) is 1.00. The van der Waals surface area contributed by atoms with Crippen molar-refractivity contribution < 1.29 is 9.84 Å². The molecular formula is C14H25NO2. The van der Waals surface area contributed by atoms with Gasteiger partial charge in [-0.1, -0.05) is 6.42 Å². The molecule has 0 aromatic rings. The SMILES string of the molecule is OC1(CC2CCOCC2)CCN2CCCCC21. The van der Waals surface area contributed by atoms with Gasteiger partial charge >= 0.3 is 0 Å². The van der Waals surface area contributed by atoms with E-state index in [9.17, 15) is 5.11 Å². The van der Waals surface area contributed by atoms with Crippen molar-refractivity contribution in [3.8, 4) is 0 Å². The predicted octanol–water partition coefficient (Wildman–Crippen LogP) is 1.79. The maximum absolute atomic E-state index is 11.0. The van der Waals surface area contributed by atoms with Crippen LogP contribution in [0.3, 0.4) is 0 Å². The molecular weight excluding hydrogens is 214 g/mol. The van der Waals surface area contributed by atoms with Crippen molar-refractivity contribution in [3.63, 3.8) is 0 Å². The van der Waals surface area contributed by atoms with E-state index in [0.717, 1.165) is 45.4 Å². The summed E-state index contributed by atoms with van der Waals surface area (Å²) in [6.07, 6.45) is 8.14. The van der Waals surface area contributed by atoms with Crippen molar-refractivity contribution in [2.75, 3.05) is 26.3 Å². The Balaban J connectivity index is 1.63. The van der Waals surface area contributed by atoms with Crippen molar-refractivity contribution >= 4 is 0 Å². The third-order valence-electron chi connectivity index (χ3n) is 5.05. The third-order valence-corrected chi connectivity index (χ3v) is 5.05. The Hall–Kier alpha value is -0.120. The molecule has 3 aliphatic rings. The average Bonchev–Trinajstić information content (AvgIpc) is 2.69. The zero-order chi connectivity index (χ0) is 11.7. The lowest BCUT2D eigenvalue weighted by Crippen LogP contribution is -2.48. The summed E-state index contributed by atoms with van der Waals surface area (Å²) in [7, 11) is 0. The first kappa shape index (κ1) is 11.9. The van der Waals surface area contributed by atoms with Crippen molar-refractivity contribution in [3.05, 3.63) is 0 Å². The van der Waals surface area contributed by atoms with E-state index in [1.807, 2.05) is 0 Å². The highest BCUT2D eigenvalue weighted by atomic mass is 16.5. The molecule has 1 N–H and O–H groups in total. The summed E-state index contributed by atoms with van der Waals surface area (Å²) >= 11 is 0.